The molecule has 0 aromatic carbocycles. The largest absolute Gasteiger partial charge is 0.335 e. The number of carbonyl (C=O) groups excluding carboxylic acids is 1. The van der Waals surface area contributed by atoms with E-state index in [1.54, 1.807) is 0 Å². The maximum atomic E-state index is 11.8. The van der Waals surface area contributed by atoms with Crippen molar-refractivity contribution in [1.29, 1.82) is 0 Å². The maximum absolute atomic E-state index is 11.8. The molecule has 2 rings (SSSR count). The molecule has 3 heteroatoms. The third-order valence-corrected chi connectivity index (χ3v) is 3.46. The highest BCUT2D eigenvalue weighted by molar-refractivity contribution is 5.82. The van der Waals surface area contributed by atoms with Crippen molar-refractivity contribution in [2.24, 2.45) is 5.73 Å². The van der Waals surface area contributed by atoms with E-state index in [1.807, 2.05) is 6.92 Å². The van der Waals surface area contributed by atoms with Crippen LogP contribution in [-0.2, 0) is 4.79 Å². The van der Waals surface area contributed by atoms with Gasteiger partial charge in [0.25, 0.3) is 0 Å². The third kappa shape index (κ3) is 1.35. The van der Waals surface area contributed by atoms with Gasteiger partial charge in [0, 0.05) is 12.1 Å². The summed E-state index contributed by atoms with van der Waals surface area (Å²) < 4.78 is 0. The van der Waals surface area contributed by atoms with Gasteiger partial charge in [-0.2, -0.15) is 0 Å². The van der Waals surface area contributed by atoms with E-state index in [4.69, 9.17) is 5.73 Å². The first-order valence-electron chi connectivity index (χ1n) is 5.31. The average Bonchev–Trinajstić information content (AvgIpc) is 2.74. The van der Waals surface area contributed by atoms with Crippen molar-refractivity contribution >= 4 is 5.91 Å². The van der Waals surface area contributed by atoms with Gasteiger partial charge in [-0.15, -0.1) is 0 Å². The number of nitrogens with two attached hydrogens (primary N) is 1. The fourth-order valence-electron chi connectivity index (χ4n) is 2.64. The molecule has 0 spiro atoms. The van der Waals surface area contributed by atoms with Crippen LogP contribution >= 0.6 is 0 Å². The molecule has 74 valence electrons. The van der Waals surface area contributed by atoms with Crippen LogP contribution in [0.4, 0.5) is 0 Å². The van der Waals surface area contributed by atoms with Crippen LogP contribution in [0.5, 0.6) is 0 Å². The zero-order valence-corrected chi connectivity index (χ0v) is 8.20. The van der Waals surface area contributed by atoms with E-state index >= 15 is 0 Å². The average molecular weight is 182 g/mol. The van der Waals surface area contributed by atoms with Crippen molar-refractivity contribution in [1.82, 2.24) is 4.90 Å². The van der Waals surface area contributed by atoms with Gasteiger partial charge >= 0.3 is 0 Å². The molecule has 2 heterocycles. The Balaban J connectivity index is 2.05. The molecule has 2 saturated heterocycles. The Morgan fingerprint density at radius 2 is 1.85 bits per heavy atom. The molecule has 2 aliphatic rings. The number of hydrogen-bond donors (Lipinski definition) is 1. The Morgan fingerprint density at radius 1 is 1.38 bits per heavy atom. The van der Waals surface area contributed by atoms with Gasteiger partial charge in [0.15, 0.2) is 0 Å². The van der Waals surface area contributed by atoms with E-state index in [0.29, 0.717) is 12.1 Å². The van der Waals surface area contributed by atoms with Crippen molar-refractivity contribution in [2.75, 3.05) is 0 Å². The van der Waals surface area contributed by atoms with Gasteiger partial charge in [-0.3, -0.25) is 4.79 Å². The molecular weight excluding hydrogens is 164 g/mol. The number of rotatable bonds is 2. The smallest absolute Gasteiger partial charge is 0.239 e. The second kappa shape index (κ2) is 3.29. The van der Waals surface area contributed by atoms with Gasteiger partial charge in [0.05, 0.1) is 6.04 Å². The Labute approximate surface area is 79.3 Å². The standard InChI is InChI=1S/C10H18N2O/c1-2-9(11)10(13)12-7-3-4-8(12)6-5-7/h7-9H,2-6,11H2,1H3/t7?,8?,9-/m1/s1. The van der Waals surface area contributed by atoms with E-state index in [0.717, 1.165) is 6.42 Å². The van der Waals surface area contributed by atoms with Crippen LogP contribution in [0, 0.1) is 0 Å². The van der Waals surface area contributed by atoms with Crippen molar-refractivity contribution < 1.29 is 4.79 Å². The molecule has 3 nitrogen and oxygen atoms in total. The first kappa shape index (κ1) is 9.00. The highest BCUT2D eigenvalue weighted by Crippen LogP contribution is 2.37. The molecule has 2 fully saturated rings. The molecule has 0 aliphatic carbocycles. The first-order valence-corrected chi connectivity index (χ1v) is 5.31. The monoisotopic (exact) mass is 182 g/mol. The fraction of sp³-hybridized carbons (Fsp3) is 0.900. The van der Waals surface area contributed by atoms with Crippen LogP contribution in [0.25, 0.3) is 0 Å². The molecule has 0 radical (unpaired) electrons. The molecule has 0 aromatic rings. The quantitative estimate of drug-likeness (QED) is 0.689. The van der Waals surface area contributed by atoms with Crippen molar-refractivity contribution in [3.8, 4) is 0 Å². The summed E-state index contributed by atoms with van der Waals surface area (Å²) in [5.74, 6) is 0.188. The molecule has 0 aromatic heterocycles. The second-order valence-electron chi connectivity index (χ2n) is 4.22. The maximum Gasteiger partial charge on any atom is 0.239 e. The molecule has 0 unspecified atom stereocenters. The lowest BCUT2D eigenvalue weighted by atomic mass is 10.0. The van der Waals surface area contributed by atoms with Crippen LogP contribution < -0.4 is 5.73 Å². The summed E-state index contributed by atoms with van der Waals surface area (Å²) in [5.41, 5.74) is 5.76. The Hall–Kier alpha value is -0.570. The number of carbonyl (C=O) groups is 1. The Kier molecular flexibility index (Phi) is 2.28. The van der Waals surface area contributed by atoms with E-state index in [9.17, 15) is 4.79 Å². The minimum Gasteiger partial charge on any atom is -0.335 e. The number of fused-ring (bicyclic) bond motifs is 2. The van der Waals surface area contributed by atoms with E-state index < -0.39 is 0 Å². The first-order chi connectivity index (χ1) is 6.24. The summed E-state index contributed by atoms with van der Waals surface area (Å²) in [5, 5.41) is 0. The van der Waals surface area contributed by atoms with Crippen LogP contribution in [0.2, 0.25) is 0 Å². The zero-order valence-electron chi connectivity index (χ0n) is 8.20. The normalized spacial score (nSPS) is 33.8. The summed E-state index contributed by atoms with van der Waals surface area (Å²) in [6, 6.07) is 0.784. The molecule has 13 heavy (non-hydrogen) atoms. The van der Waals surface area contributed by atoms with Gasteiger partial charge in [-0.25, -0.2) is 0 Å². The lowest BCUT2D eigenvalue weighted by Gasteiger charge is -2.24. The summed E-state index contributed by atoms with van der Waals surface area (Å²) >= 11 is 0. The summed E-state index contributed by atoms with van der Waals surface area (Å²) in [6.45, 7) is 1.97. The highest BCUT2D eigenvalue weighted by atomic mass is 16.2. The van der Waals surface area contributed by atoms with Crippen LogP contribution in [0.15, 0.2) is 0 Å². The van der Waals surface area contributed by atoms with E-state index in [2.05, 4.69) is 4.90 Å². The van der Waals surface area contributed by atoms with Crippen LogP contribution in [0.1, 0.15) is 39.0 Å². The highest BCUT2D eigenvalue weighted by Gasteiger charge is 2.42. The fourth-order valence-corrected chi connectivity index (χ4v) is 2.64. The number of amides is 1. The molecule has 1 atom stereocenters. The SMILES string of the molecule is CC[C@@H](N)C(=O)N1C2CCC1CC2. The van der Waals surface area contributed by atoms with Gasteiger partial charge in [0.2, 0.25) is 5.91 Å². The Morgan fingerprint density at radius 3 is 2.23 bits per heavy atom. The summed E-state index contributed by atoms with van der Waals surface area (Å²) in [7, 11) is 0. The summed E-state index contributed by atoms with van der Waals surface area (Å²) in [4.78, 5) is 13.9. The van der Waals surface area contributed by atoms with Crippen molar-refractivity contribution in [3.05, 3.63) is 0 Å². The molecule has 1 amide bonds. The Bertz CT molecular complexity index is 197. The third-order valence-electron chi connectivity index (χ3n) is 3.46. The van der Waals surface area contributed by atoms with Gasteiger partial charge < -0.3 is 10.6 Å². The minimum atomic E-state index is -0.263. The van der Waals surface area contributed by atoms with Crippen molar-refractivity contribution in [3.63, 3.8) is 0 Å². The van der Waals surface area contributed by atoms with Gasteiger partial charge in [-0.1, -0.05) is 6.92 Å². The summed E-state index contributed by atoms with van der Waals surface area (Å²) in [6.07, 6.45) is 5.56. The lowest BCUT2D eigenvalue weighted by molar-refractivity contribution is -0.133. The van der Waals surface area contributed by atoms with Crippen LogP contribution in [0.3, 0.4) is 0 Å². The zero-order chi connectivity index (χ0) is 9.42. The van der Waals surface area contributed by atoms with Gasteiger partial charge in [-0.05, 0) is 32.1 Å². The van der Waals surface area contributed by atoms with Crippen molar-refractivity contribution in [2.45, 2.75) is 57.2 Å². The van der Waals surface area contributed by atoms with E-state index in [1.165, 1.54) is 25.7 Å². The minimum absolute atomic E-state index is 0.188. The predicted octanol–water partition coefficient (Wildman–Crippen LogP) is 0.877. The molecule has 2 aliphatic heterocycles. The van der Waals surface area contributed by atoms with Gasteiger partial charge in [0.1, 0.15) is 0 Å². The lowest BCUT2D eigenvalue weighted by Crippen LogP contribution is -2.45. The number of nitrogens with zero attached hydrogens (tertiary/aromatic N) is 1. The van der Waals surface area contributed by atoms with Crippen LogP contribution in [-0.4, -0.2) is 28.9 Å². The second-order valence-corrected chi connectivity index (χ2v) is 4.22. The van der Waals surface area contributed by atoms with E-state index in [-0.39, 0.29) is 11.9 Å². The molecule has 2 N–H and O–H groups in total. The molecule has 2 bridgehead atoms. The number of hydrogen-bond acceptors (Lipinski definition) is 2. The predicted molar refractivity (Wildman–Crippen MR) is 51.2 cm³/mol. The molecule has 0 saturated carbocycles. The molecular formula is C10H18N2O. The topological polar surface area (TPSA) is 46.3 Å².